The summed E-state index contributed by atoms with van der Waals surface area (Å²) in [5, 5.41) is 0.883. The summed E-state index contributed by atoms with van der Waals surface area (Å²) >= 11 is 8.01. The largest absolute Gasteiger partial charge is 0.243 e. The average molecular weight is 400 g/mol. The zero-order valence-electron chi connectivity index (χ0n) is 13.8. The van der Waals surface area contributed by atoms with Crippen molar-refractivity contribution in [3.8, 4) is 0 Å². The van der Waals surface area contributed by atoms with E-state index in [0.717, 1.165) is 5.56 Å². The van der Waals surface area contributed by atoms with Crippen LogP contribution in [0.1, 0.15) is 22.8 Å². The summed E-state index contributed by atoms with van der Waals surface area (Å²) in [5.74, 6) is 0.261. The predicted octanol–water partition coefficient (Wildman–Crippen LogP) is 4.66. The molecule has 1 aliphatic heterocycles. The number of hydrogen-bond donors (Lipinski definition) is 0. The maximum Gasteiger partial charge on any atom is 0.243 e. The Morgan fingerprint density at radius 3 is 2.68 bits per heavy atom. The molecule has 0 bridgehead atoms. The molecule has 0 amide bonds. The van der Waals surface area contributed by atoms with Crippen molar-refractivity contribution in [1.82, 2.24) is 4.31 Å². The lowest BCUT2D eigenvalue weighted by Gasteiger charge is -2.21. The minimum Gasteiger partial charge on any atom is -0.207 e. The molecule has 1 atom stereocenters. The molecule has 0 saturated carbocycles. The van der Waals surface area contributed by atoms with Gasteiger partial charge in [-0.15, -0.1) is 0 Å². The molecule has 2 aromatic carbocycles. The van der Waals surface area contributed by atoms with Crippen molar-refractivity contribution in [2.24, 2.45) is 0 Å². The lowest BCUT2D eigenvalue weighted by Crippen LogP contribution is -2.33. The number of halogens is 2. The number of benzene rings is 2. The molecule has 7 heteroatoms. The van der Waals surface area contributed by atoms with Gasteiger partial charge in [0.2, 0.25) is 10.0 Å². The first-order chi connectivity index (χ1) is 11.9. The summed E-state index contributed by atoms with van der Waals surface area (Å²) in [6.45, 7) is 2.47. The van der Waals surface area contributed by atoms with E-state index in [9.17, 15) is 12.8 Å². The van der Waals surface area contributed by atoms with Crippen molar-refractivity contribution < 1.29 is 12.8 Å². The van der Waals surface area contributed by atoms with Gasteiger partial charge in [0, 0.05) is 29.1 Å². The van der Waals surface area contributed by atoms with Gasteiger partial charge in [-0.2, -0.15) is 16.1 Å². The first-order valence-corrected chi connectivity index (χ1v) is 10.9. The highest BCUT2D eigenvalue weighted by Crippen LogP contribution is 2.38. The van der Waals surface area contributed by atoms with Crippen LogP contribution in [0, 0.1) is 12.7 Å². The van der Waals surface area contributed by atoms with Crippen molar-refractivity contribution >= 4 is 33.4 Å². The highest BCUT2D eigenvalue weighted by atomic mass is 35.5. The van der Waals surface area contributed by atoms with Crippen molar-refractivity contribution in [2.75, 3.05) is 18.8 Å². The minimum atomic E-state index is -3.63. The fourth-order valence-electron chi connectivity index (χ4n) is 3.02. The molecule has 1 aliphatic rings. The lowest BCUT2D eigenvalue weighted by molar-refractivity contribution is 0.427. The molecule has 0 aromatic heterocycles. The van der Waals surface area contributed by atoms with Crippen LogP contribution in [0.2, 0.25) is 5.02 Å². The molecule has 3 nitrogen and oxygen atoms in total. The second kappa shape index (κ2) is 7.66. The molecule has 1 heterocycles. The topological polar surface area (TPSA) is 37.4 Å². The molecular formula is C18H19ClFNO2S2. The minimum absolute atomic E-state index is 0.170. The molecule has 0 radical (unpaired) electrons. The van der Waals surface area contributed by atoms with Gasteiger partial charge < -0.3 is 0 Å². The Morgan fingerprint density at radius 2 is 1.96 bits per heavy atom. The summed E-state index contributed by atoms with van der Waals surface area (Å²) < 4.78 is 40.7. The van der Waals surface area contributed by atoms with Crippen LogP contribution < -0.4 is 0 Å². The van der Waals surface area contributed by atoms with Gasteiger partial charge >= 0.3 is 0 Å². The Kier molecular flexibility index (Phi) is 5.73. The van der Waals surface area contributed by atoms with Crippen molar-refractivity contribution in [3.05, 3.63) is 64.4 Å². The van der Waals surface area contributed by atoms with E-state index < -0.39 is 15.8 Å². The highest BCUT2D eigenvalue weighted by molar-refractivity contribution is 7.99. The third-order valence-electron chi connectivity index (χ3n) is 4.31. The molecule has 1 unspecified atom stereocenters. The molecule has 1 fully saturated rings. The Morgan fingerprint density at radius 1 is 1.20 bits per heavy atom. The second-order valence-electron chi connectivity index (χ2n) is 5.98. The van der Waals surface area contributed by atoms with E-state index in [4.69, 9.17) is 11.6 Å². The normalized spacial score (nSPS) is 19.6. The third kappa shape index (κ3) is 4.03. The fourth-order valence-corrected chi connectivity index (χ4v) is 6.39. The van der Waals surface area contributed by atoms with Crippen LogP contribution >= 0.6 is 23.4 Å². The monoisotopic (exact) mass is 399 g/mol. The zero-order chi connectivity index (χ0) is 18.0. The van der Waals surface area contributed by atoms with Crippen LogP contribution in [-0.4, -0.2) is 31.6 Å². The predicted molar refractivity (Wildman–Crippen MR) is 101 cm³/mol. The van der Waals surface area contributed by atoms with Gasteiger partial charge in [0.05, 0.1) is 4.90 Å². The molecule has 134 valence electrons. The van der Waals surface area contributed by atoms with Crippen LogP contribution in [0.25, 0.3) is 0 Å². The van der Waals surface area contributed by atoms with Crippen LogP contribution in [0.15, 0.2) is 47.4 Å². The summed E-state index contributed by atoms with van der Waals surface area (Å²) in [5.41, 5.74) is 1.48. The summed E-state index contributed by atoms with van der Waals surface area (Å²) in [7, 11) is -3.63. The Labute approximate surface area is 157 Å². The maximum atomic E-state index is 13.3. The smallest absolute Gasteiger partial charge is 0.207 e. The Balaban J connectivity index is 1.82. The zero-order valence-corrected chi connectivity index (χ0v) is 16.2. The van der Waals surface area contributed by atoms with Gasteiger partial charge in [0.1, 0.15) is 5.82 Å². The quantitative estimate of drug-likeness (QED) is 0.753. The van der Waals surface area contributed by atoms with Crippen LogP contribution in [0.4, 0.5) is 4.39 Å². The number of thioether (sulfide) groups is 1. The van der Waals surface area contributed by atoms with E-state index in [1.807, 2.05) is 24.3 Å². The van der Waals surface area contributed by atoms with E-state index in [2.05, 4.69) is 0 Å². The Bertz CT molecular complexity index is 873. The first kappa shape index (κ1) is 18.7. The van der Waals surface area contributed by atoms with Gasteiger partial charge in [-0.3, -0.25) is 0 Å². The van der Waals surface area contributed by atoms with Gasteiger partial charge in [-0.25, -0.2) is 12.8 Å². The van der Waals surface area contributed by atoms with E-state index in [0.29, 0.717) is 35.8 Å². The van der Waals surface area contributed by atoms with Crippen LogP contribution in [0.3, 0.4) is 0 Å². The van der Waals surface area contributed by atoms with Crippen LogP contribution in [-0.2, 0) is 10.0 Å². The number of hydrogen-bond acceptors (Lipinski definition) is 3. The second-order valence-corrected chi connectivity index (χ2v) is 9.61. The highest BCUT2D eigenvalue weighted by Gasteiger charge is 2.30. The molecule has 2 aromatic rings. The van der Waals surface area contributed by atoms with Gasteiger partial charge in [0.25, 0.3) is 0 Å². The molecule has 1 saturated heterocycles. The number of aryl methyl sites for hydroxylation is 1. The average Bonchev–Trinajstić information content (AvgIpc) is 2.81. The summed E-state index contributed by atoms with van der Waals surface area (Å²) in [4.78, 5) is 0.176. The Hall–Kier alpha value is -1.08. The fraction of sp³-hybridized carbons (Fsp3) is 0.333. The molecule has 3 rings (SSSR count). The lowest BCUT2D eigenvalue weighted by atomic mass is 10.1. The van der Waals surface area contributed by atoms with E-state index in [1.165, 1.54) is 22.5 Å². The van der Waals surface area contributed by atoms with Gasteiger partial charge in [-0.1, -0.05) is 29.8 Å². The van der Waals surface area contributed by atoms with E-state index in [1.54, 1.807) is 18.7 Å². The molecule has 0 aliphatic carbocycles. The number of sulfonamides is 1. The summed E-state index contributed by atoms with van der Waals surface area (Å²) in [6, 6.07) is 11.5. The molecule has 0 N–H and O–H groups in total. The molecule has 0 spiro atoms. The maximum absolute atomic E-state index is 13.3. The van der Waals surface area contributed by atoms with E-state index >= 15 is 0 Å². The van der Waals surface area contributed by atoms with Crippen molar-refractivity contribution in [2.45, 2.75) is 23.5 Å². The van der Waals surface area contributed by atoms with Crippen molar-refractivity contribution in [1.29, 1.82) is 0 Å². The van der Waals surface area contributed by atoms with Crippen LogP contribution in [0.5, 0.6) is 0 Å². The van der Waals surface area contributed by atoms with Gasteiger partial charge in [0.15, 0.2) is 0 Å². The SMILES string of the molecule is Cc1cc(F)ccc1S(=O)(=O)N1CCSC(c2ccccc2Cl)CC1. The summed E-state index contributed by atoms with van der Waals surface area (Å²) in [6.07, 6.45) is 0.688. The number of nitrogens with zero attached hydrogens (tertiary/aromatic N) is 1. The van der Waals surface area contributed by atoms with Gasteiger partial charge in [-0.05, 0) is 48.7 Å². The third-order valence-corrected chi connectivity index (χ3v) is 8.02. The van der Waals surface area contributed by atoms with E-state index in [-0.39, 0.29) is 10.1 Å². The standard InChI is InChI=1S/C18H19ClFNO2S2/c1-13-12-14(20)6-7-18(13)25(22,23)21-9-8-17(24-11-10-21)15-4-2-3-5-16(15)19/h2-7,12,17H,8-11H2,1H3. The first-order valence-electron chi connectivity index (χ1n) is 8.02. The van der Waals surface area contributed by atoms with Crippen molar-refractivity contribution in [3.63, 3.8) is 0 Å². The number of rotatable bonds is 3. The molecule has 25 heavy (non-hydrogen) atoms. The molecular weight excluding hydrogens is 381 g/mol.